The van der Waals surface area contributed by atoms with Crippen molar-refractivity contribution in [1.82, 2.24) is 10.0 Å². The highest BCUT2D eigenvalue weighted by Crippen LogP contribution is 2.33. The summed E-state index contributed by atoms with van der Waals surface area (Å²) in [5.74, 6) is 0. The minimum Gasteiger partial charge on any atom is -0.318 e. The number of nitrogens with one attached hydrogen (secondary N) is 2. The van der Waals surface area contributed by atoms with Crippen molar-refractivity contribution in [2.24, 2.45) is 0 Å². The second-order valence-corrected chi connectivity index (χ2v) is 5.59. The number of rotatable bonds is 5. The Hall–Kier alpha value is -1.63. The molecule has 0 aliphatic rings. The zero-order valence-corrected chi connectivity index (χ0v) is 11.3. The fraction of sp³-hybridized carbons (Fsp3) is 0.364. The van der Waals surface area contributed by atoms with E-state index in [0.717, 1.165) is 12.1 Å². The lowest BCUT2D eigenvalue weighted by molar-refractivity contribution is -0.137. The maximum atomic E-state index is 12.7. The van der Waals surface area contributed by atoms with E-state index in [1.807, 2.05) is 0 Å². The number of hydrogen-bond acceptors (Lipinski definition) is 4. The van der Waals surface area contributed by atoms with E-state index in [2.05, 4.69) is 10.0 Å². The number of nitriles is 1. The van der Waals surface area contributed by atoms with E-state index in [1.54, 1.807) is 7.05 Å². The second kappa shape index (κ2) is 6.21. The molecule has 0 bridgehead atoms. The summed E-state index contributed by atoms with van der Waals surface area (Å²) in [5, 5.41) is 11.3. The molecule has 110 valence electrons. The molecule has 0 heterocycles. The maximum absolute atomic E-state index is 12.7. The Labute approximate surface area is 114 Å². The highest BCUT2D eigenvalue weighted by atomic mass is 32.2. The van der Waals surface area contributed by atoms with Gasteiger partial charge in [0.15, 0.2) is 0 Å². The highest BCUT2D eigenvalue weighted by molar-refractivity contribution is 7.89. The van der Waals surface area contributed by atoms with Gasteiger partial charge in [0.1, 0.15) is 0 Å². The van der Waals surface area contributed by atoms with Crippen molar-refractivity contribution in [3.05, 3.63) is 29.3 Å². The van der Waals surface area contributed by atoms with Gasteiger partial charge in [-0.2, -0.15) is 18.4 Å². The molecule has 0 aromatic heterocycles. The van der Waals surface area contributed by atoms with E-state index >= 15 is 0 Å². The fourth-order valence-corrected chi connectivity index (χ4v) is 2.47. The number of hydrogen-bond donors (Lipinski definition) is 2. The normalized spacial score (nSPS) is 12.2. The highest BCUT2D eigenvalue weighted by Gasteiger charge is 2.34. The first-order valence-corrected chi connectivity index (χ1v) is 6.96. The summed E-state index contributed by atoms with van der Waals surface area (Å²) in [6.45, 7) is 0.377. The summed E-state index contributed by atoms with van der Waals surface area (Å²) < 4.78 is 63.9. The van der Waals surface area contributed by atoms with E-state index in [4.69, 9.17) is 5.26 Å². The van der Waals surface area contributed by atoms with Crippen LogP contribution in [0.2, 0.25) is 0 Å². The molecule has 0 amide bonds. The summed E-state index contributed by atoms with van der Waals surface area (Å²) in [5.41, 5.74) is -1.89. The largest absolute Gasteiger partial charge is 0.417 e. The number of halogens is 3. The molecule has 0 atom stereocenters. The van der Waals surface area contributed by atoms with E-state index < -0.39 is 32.2 Å². The van der Waals surface area contributed by atoms with Crippen LogP contribution in [0.15, 0.2) is 23.1 Å². The lowest BCUT2D eigenvalue weighted by Gasteiger charge is -2.11. The van der Waals surface area contributed by atoms with Crippen LogP contribution >= 0.6 is 0 Å². The Balaban J connectivity index is 3.19. The summed E-state index contributed by atoms with van der Waals surface area (Å²) in [7, 11) is -2.43. The van der Waals surface area contributed by atoms with Crippen molar-refractivity contribution in [3.63, 3.8) is 0 Å². The first-order chi connectivity index (χ1) is 9.22. The summed E-state index contributed by atoms with van der Waals surface area (Å²) >= 11 is 0. The lowest BCUT2D eigenvalue weighted by Crippen LogP contribution is -2.30. The van der Waals surface area contributed by atoms with Crippen molar-refractivity contribution in [3.8, 4) is 6.07 Å². The van der Waals surface area contributed by atoms with Crippen LogP contribution in [0.25, 0.3) is 0 Å². The molecule has 0 radical (unpaired) electrons. The molecule has 1 aromatic carbocycles. The van der Waals surface area contributed by atoms with Crippen molar-refractivity contribution in [2.75, 3.05) is 20.1 Å². The minimum absolute atomic E-state index is 0.0419. The molecule has 1 aromatic rings. The third-order valence-corrected chi connectivity index (χ3v) is 3.85. The van der Waals surface area contributed by atoms with Crippen molar-refractivity contribution in [2.45, 2.75) is 11.1 Å². The molecular formula is C11H12F3N3O2S. The van der Waals surface area contributed by atoms with E-state index in [9.17, 15) is 21.6 Å². The van der Waals surface area contributed by atoms with Crippen LogP contribution in [0.3, 0.4) is 0 Å². The van der Waals surface area contributed by atoms with Gasteiger partial charge in [-0.25, -0.2) is 13.1 Å². The van der Waals surface area contributed by atoms with Gasteiger partial charge < -0.3 is 5.32 Å². The SMILES string of the molecule is CNCCNS(=O)(=O)c1ccc(C#N)c(C(F)(F)F)c1. The molecule has 1 rings (SSSR count). The van der Waals surface area contributed by atoms with Gasteiger partial charge in [-0.15, -0.1) is 0 Å². The van der Waals surface area contributed by atoms with Gasteiger partial charge in [0.25, 0.3) is 0 Å². The number of benzene rings is 1. The topological polar surface area (TPSA) is 82.0 Å². The molecule has 0 spiro atoms. The van der Waals surface area contributed by atoms with Gasteiger partial charge in [-0.1, -0.05) is 0 Å². The van der Waals surface area contributed by atoms with Crippen molar-refractivity contribution < 1.29 is 21.6 Å². The summed E-state index contributed by atoms with van der Waals surface area (Å²) in [6.07, 6.45) is -4.79. The maximum Gasteiger partial charge on any atom is 0.417 e. The van der Waals surface area contributed by atoms with E-state index in [1.165, 1.54) is 6.07 Å². The molecule has 0 fully saturated rings. The number of nitrogens with zero attached hydrogens (tertiary/aromatic N) is 1. The Morgan fingerprint density at radius 3 is 2.45 bits per heavy atom. The van der Waals surface area contributed by atoms with Gasteiger partial charge in [-0.05, 0) is 25.2 Å². The quantitative estimate of drug-likeness (QED) is 0.797. The summed E-state index contributed by atoms with van der Waals surface area (Å²) in [4.78, 5) is -0.528. The Morgan fingerprint density at radius 1 is 1.30 bits per heavy atom. The molecule has 0 saturated heterocycles. The van der Waals surface area contributed by atoms with Crippen LogP contribution in [0.5, 0.6) is 0 Å². The number of alkyl halides is 3. The van der Waals surface area contributed by atoms with Crippen LogP contribution in [-0.4, -0.2) is 28.6 Å². The molecule has 2 N–H and O–H groups in total. The molecule has 0 saturated carbocycles. The first kappa shape index (κ1) is 16.4. The van der Waals surface area contributed by atoms with Crippen molar-refractivity contribution in [1.29, 1.82) is 5.26 Å². The van der Waals surface area contributed by atoms with Gasteiger partial charge in [0.2, 0.25) is 10.0 Å². The number of likely N-dealkylation sites (N-methyl/N-ethyl adjacent to an activating group) is 1. The van der Waals surface area contributed by atoms with Gasteiger partial charge >= 0.3 is 6.18 Å². The van der Waals surface area contributed by atoms with Crippen molar-refractivity contribution >= 4 is 10.0 Å². The third kappa shape index (κ3) is 3.93. The predicted octanol–water partition coefficient (Wildman–Crippen LogP) is 1.07. The van der Waals surface area contributed by atoms with Gasteiger partial charge in [-0.3, -0.25) is 0 Å². The zero-order valence-electron chi connectivity index (χ0n) is 10.5. The lowest BCUT2D eigenvalue weighted by atomic mass is 10.1. The number of sulfonamides is 1. The van der Waals surface area contributed by atoms with Crippen LogP contribution in [0.1, 0.15) is 11.1 Å². The smallest absolute Gasteiger partial charge is 0.318 e. The molecule has 5 nitrogen and oxygen atoms in total. The minimum atomic E-state index is -4.79. The predicted molar refractivity (Wildman–Crippen MR) is 65.3 cm³/mol. The van der Waals surface area contributed by atoms with Gasteiger partial charge in [0, 0.05) is 13.1 Å². The monoisotopic (exact) mass is 307 g/mol. The third-order valence-electron chi connectivity index (χ3n) is 2.39. The average molecular weight is 307 g/mol. The molecular weight excluding hydrogens is 295 g/mol. The standard InChI is InChI=1S/C11H12F3N3O2S/c1-16-4-5-17-20(18,19)9-3-2-8(7-15)10(6-9)11(12,13)14/h2-3,6,16-17H,4-5H2,1H3. The zero-order chi connectivity index (χ0) is 15.4. The van der Waals surface area contributed by atoms with Crippen LogP contribution in [0.4, 0.5) is 13.2 Å². The molecule has 20 heavy (non-hydrogen) atoms. The summed E-state index contributed by atoms with van der Waals surface area (Å²) in [6, 6.07) is 3.66. The average Bonchev–Trinajstić information content (AvgIpc) is 2.37. The molecule has 9 heteroatoms. The van der Waals surface area contributed by atoms with E-state index in [-0.39, 0.29) is 6.54 Å². The van der Waals surface area contributed by atoms with Gasteiger partial charge in [0.05, 0.1) is 22.1 Å². The van der Waals surface area contributed by atoms with Crippen LogP contribution in [-0.2, 0) is 16.2 Å². The first-order valence-electron chi connectivity index (χ1n) is 5.48. The molecule has 0 aliphatic heterocycles. The Morgan fingerprint density at radius 2 is 1.95 bits per heavy atom. The fourth-order valence-electron chi connectivity index (χ4n) is 1.42. The molecule has 0 aliphatic carbocycles. The van der Waals surface area contributed by atoms with E-state index in [0.29, 0.717) is 12.6 Å². The second-order valence-electron chi connectivity index (χ2n) is 3.82. The Kier molecular flexibility index (Phi) is 5.10. The Bertz CT molecular complexity index is 621. The molecule has 0 unspecified atom stereocenters. The van der Waals surface area contributed by atoms with Crippen LogP contribution in [0, 0.1) is 11.3 Å². The van der Waals surface area contributed by atoms with Crippen LogP contribution < -0.4 is 10.0 Å².